The fourth-order valence-corrected chi connectivity index (χ4v) is 0.979. The number of anilines is 1. The second-order valence-corrected chi connectivity index (χ2v) is 2.96. The molecule has 1 heterocycles. The van der Waals surface area contributed by atoms with Crippen LogP contribution in [0.2, 0.25) is 0 Å². The Morgan fingerprint density at radius 2 is 2.36 bits per heavy atom. The van der Waals surface area contributed by atoms with Crippen LogP contribution in [0.15, 0.2) is 18.5 Å². The molecule has 3 nitrogen and oxygen atoms in total. The van der Waals surface area contributed by atoms with Crippen molar-refractivity contribution in [2.75, 3.05) is 11.9 Å². The molecule has 1 aromatic rings. The zero-order chi connectivity index (χ0) is 7.52. The lowest BCUT2D eigenvalue weighted by atomic mass is 10.4. The summed E-state index contributed by atoms with van der Waals surface area (Å²) < 4.78 is 0. The van der Waals surface area contributed by atoms with Gasteiger partial charge in [-0.2, -0.15) is 10.2 Å². The Hall–Kier alpha value is -1.12. The Morgan fingerprint density at radius 3 is 3.00 bits per heavy atom. The highest BCUT2D eigenvalue weighted by Crippen LogP contribution is 2.28. The number of aromatic nitrogens is 2. The van der Waals surface area contributed by atoms with Gasteiger partial charge in [0, 0.05) is 6.54 Å². The summed E-state index contributed by atoms with van der Waals surface area (Å²) in [5.74, 6) is 0.906. The summed E-state index contributed by atoms with van der Waals surface area (Å²) in [6, 6.07) is 1.94. The van der Waals surface area contributed by atoms with Crippen molar-refractivity contribution < 1.29 is 0 Å². The van der Waals surface area contributed by atoms with Crippen molar-refractivity contribution in [2.24, 2.45) is 5.92 Å². The maximum absolute atomic E-state index is 3.77. The van der Waals surface area contributed by atoms with Crippen LogP contribution < -0.4 is 5.32 Å². The maximum Gasteiger partial charge on any atom is 0.0727 e. The van der Waals surface area contributed by atoms with E-state index in [-0.39, 0.29) is 0 Å². The second-order valence-electron chi connectivity index (χ2n) is 2.96. The third-order valence-corrected chi connectivity index (χ3v) is 1.88. The number of nitrogens with zero attached hydrogens (tertiary/aromatic N) is 2. The summed E-state index contributed by atoms with van der Waals surface area (Å²) in [6.07, 6.45) is 6.22. The largest absolute Gasteiger partial charge is 0.383 e. The van der Waals surface area contributed by atoms with Crippen molar-refractivity contribution in [3.63, 3.8) is 0 Å². The van der Waals surface area contributed by atoms with Crippen LogP contribution in [0.5, 0.6) is 0 Å². The number of hydrogen-bond acceptors (Lipinski definition) is 3. The lowest BCUT2D eigenvalue weighted by Crippen LogP contribution is -2.03. The molecule has 0 bridgehead atoms. The van der Waals surface area contributed by atoms with Gasteiger partial charge in [0.15, 0.2) is 0 Å². The fraction of sp³-hybridized carbons (Fsp3) is 0.500. The van der Waals surface area contributed by atoms with Gasteiger partial charge in [0.05, 0.1) is 18.1 Å². The molecule has 2 rings (SSSR count). The van der Waals surface area contributed by atoms with E-state index in [1.807, 2.05) is 6.07 Å². The highest BCUT2D eigenvalue weighted by atomic mass is 15.1. The molecule has 0 aromatic carbocycles. The van der Waals surface area contributed by atoms with Gasteiger partial charge in [0.1, 0.15) is 0 Å². The first-order valence-corrected chi connectivity index (χ1v) is 3.96. The van der Waals surface area contributed by atoms with Crippen molar-refractivity contribution >= 4 is 5.69 Å². The van der Waals surface area contributed by atoms with Crippen LogP contribution in [0.25, 0.3) is 0 Å². The standard InChI is InChI=1S/C8H11N3/c1-2-7(1)5-9-8-3-4-10-11-6-8/h3-4,6-7H,1-2,5H2,(H,9,10). The van der Waals surface area contributed by atoms with Crippen LogP contribution >= 0.6 is 0 Å². The zero-order valence-electron chi connectivity index (χ0n) is 6.33. The molecular formula is C8H11N3. The highest BCUT2D eigenvalue weighted by molar-refractivity contribution is 5.38. The van der Waals surface area contributed by atoms with Gasteiger partial charge in [-0.3, -0.25) is 0 Å². The Kier molecular flexibility index (Phi) is 1.71. The second kappa shape index (κ2) is 2.86. The van der Waals surface area contributed by atoms with Crippen molar-refractivity contribution in [1.82, 2.24) is 10.2 Å². The van der Waals surface area contributed by atoms with Crippen LogP contribution in [-0.2, 0) is 0 Å². The minimum absolute atomic E-state index is 0.906. The van der Waals surface area contributed by atoms with Crippen LogP contribution in [0.1, 0.15) is 12.8 Å². The summed E-state index contributed by atoms with van der Waals surface area (Å²) in [4.78, 5) is 0. The Morgan fingerprint density at radius 1 is 1.45 bits per heavy atom. The normalized spacial score (nSPS) is 16.4. The number of nitrogens with one attached hydrogen (secondary N) is 1. The first-order chi connectivity index (χ1) is 5.45. The molecule has 0 spiro atoms. The van der Waals surface area contributed by atoms with E-state index in [1.165, 1.54) is 12.8 Å². The summed E-state index contributed by atoms with van der Waals surface area (Å²) in [5, 5.41) is 10.8. The van der Waals surface area contributed by atoms with Gasteiger partial charge in [0.25, 0.3) is 0 Å². The molecule has 1 saturated carbocycles. The van der Waals surface area contributed by atoms with Gasteiger partial charge >= 0.3 is 0 Å². The van der Waals surface area contributed by atoms with Crippen molar-refractivity contribution in [3.05, 3.63) is 18.5 Å². The fourth-order valence-electron chi connectivity index (χ4n) is 0.979. The van der Waals surface area contributed by atoms with Crippen molar-refractivity contribution in [2.45, 2.75) is 12.8 Å². The van der Waals surface area contributed by atoms with Gasteiger partial charge in [-0.25, -0.2) is 0 Å². The summed E-state index contributed by atoms with van der Waals surface area (Å²) in [6.45, 7) is 1.09. The molecule has 0 aliphatic heterocycles. The molecular weight excluding hydrogens is 138 g/mol. The summed E-state index contributed by atoms with van der Waals surface area (Å²) in [7, 11) is 0. The lowest BCUT2D eigenvalue weighted by Gasteiger charge is -2.01. The number of hydrogen-bond donors (Lipinski definition) is 1. The quantitative estimate of drug-likeness (QED) is 0.703. The first kappa shape index (κ1) is 6.58. The average Bonchev–Trinajstić information content (AvgIpc) is 2.86. The molecule has 0 unspecified atom stereocenters. The predicted octanol–water partition coefficient (Wildman–Crippen LogP) is 1.30. The molecule has 1 aliphatic carbocycles. The Bertz CT molecular complexity index is 218. The molecule has 1 aliphatic rings. The molecule has 58 valence electrons. The SMILES string of the molecule is c1cc(NCC2CC2)cnn1. The monoisotopic (exact) mass is 149 g/mol. The van der Waals surface area contributed by atoms with Gasteiger partial charge in [-0.15, -0.1) is 0 Å². The molecule has 0 amide bonds. The van der Waals surface area contributed by atoms with Crippen LogP contribution in [0.4, 0.5) is 5.69 Å². The van der Waals surface area contributed by atoms with Gasteiger partial charge in [-0.1, -0.05) is 0 Å². The van der Waals surface area contributed by atoms with Crippen LogP contribution in [0, 0.1) is 5.92 Å². The highest BCUT2D eigenvalue weighted by Gasteiger charge is 2.20. The van der Waals surface area contributed by atoms with Crippen molar-refractivity contribution in [1.29, 1.82) is 0 Å². The minimum atomic E-state index is 0.906. The molecule has 1 aromatic heterocycles. The average molecular weight is 149 g/mol. The van der Waals surface area contributed by atoms with Gasteiger partial charge in [0.2, 0.25) is 0 Å². The maximum atomic E-state index is 3.77. The molecule has 3 heteroatoms. The van der Waals surface area contributed by atoms with Crippen LogP contribution in [-0.4, -0.2) is 16.7 Å². The summed E-state index contributed by atoms with van der Waals surface area (Å²) >= 11 is 0. The number of rotatable bonds is 3. The predicted molar refractivity (Wildman–Crippen MR) is 43.2 cm³/mol. The molecule has 0 atom stereocenters. The molecule has 0 radical (unpaired) electrons. The van der Waals surface area contributed by atoms with Gasteiger partial charge < -0.3 is 5.32 Å². The van der Waals surface area contributed by atoms with E-state index in [9.17, 15) is 0 Å². The zero-order valence-corrected chi connectivity index (χ0v) is 6.33. The lowest BCUT2D eigenvalue weighted by molar-refractivity contribution is 0.885. The molecule has 11 heavy (non-hydrogen) atoms. The topological polar surface area (TPSA) is 37.8 Å². The first-order valence-electron chi connectivity index (χ1n) is 3.96. The Labute approximate surface area is 65.8 Å². The van der Waals surface area contributed by atoms with E-state index >= 15 is 0 Å². The molecule has 0 saturated heterocycles. The third-order valence-electron chi connectivity index (χ3n) is 1.88. The van der Waals surface area contributed by atoms with Gasteiger partial charge in [-0.05, 0) is 24.8 Å². The van der Waals surface area contributed by atoms with E-state index < -0.39 is 0 Å². The van der Waals surface area contributed by atoms with E-state index in [2.05, 4.69) is 15.5 Å². The minimum Gasteiger partial charge on any atom is -0.383 e. The Balaban J connectivity index is 1.85. The van der Waals surface area contributed by atoms with E-state index in [0.717, 1.165) is 18.2 Å². The van der Waals surface area contributed by atoms with E-state index in [4.69, 9.17) is 0 Å². The molecule has 1 fully saturated rings. The van der Waals surface area contributed by atoms with E-state index in [0.29, 0.717) is 0 Å². The third kappa shape index (κ3) is 1.90. The molecule has 1 N–H and O–H groups in total. The van der Waals surface area contributed by atoms with Crippen molar-refractivity contribution in [3.8, 4) is 0 Å². The van der Waals surface area contributed by atoms with E-state index in [1.54, 1.807) is 12.4 Å². The van der Waals surface area contributed by atoms with Crippen LogP contribution in [0.3, 0.4) is 0 Å². The summed E-state index contributed by atoms with van der Waals surface area (Å²) in [5.41, 5.74) is 1.08. The smallest absolute Gasteiger partial charge is 0.0727 e.